The highest BCUT2D eigenvalue weighted by molar-refractivity contribution is 6.36. The lowest BCUT2D eigenvalue weighted by Crippen LogP contribution is -2.43. The van der Waals surface area contributed by atoms with Gasteiger partial charge in [-0.2, -0.15) is 23.1 Å². The van der Waals surface area contributed by atoms with Crippen molar-refractivity contribution in [3.05, 3.63) is 52.1 Å². The van der Waals surface area contributed by atoms with Gasteiger partial charge in [-0.3, -0.25) is 9.88 Å². The van der Waals surface area contributed by atoms with Gasteiger partial charge in [0, 0.05) is 25.4 Å². The van der Waals surface area contributed by atoms with E-state index in [0.29, 0.717) is 17.7 Å². The third-order valence-corrected chi connectivity index (χ3v) is 9.87. The zero-order chi connectivity index (χ0) is 34.1. The van der Waals surface area contributed by atoms with E-state index in [2.05, 4.69) is 15.0 Å². The fourth-order valence-corrected chi connectivity index (χ4v) is 7.67. The molecule has 10 nitrogen and oxygen atoms in total. The number of hydrogen-bond acceptors (Lipinski definition) is 10. The number of alkyl halides is 4. The van der Waals surface area contributed by atoms with E-state index in [1.54, 1.807) is 12.3 Å². The molecule has 3 aliphatic rings. The molecule has 4 N–H and O–H groups in total. The lowest BCUT2D eigenvalue weighted by molar-refractivity contribution is -0.137. The molecule has 1 aromatic carbocycles. The van der Waals surface area contributed by atoms with Crippen LogP contribution in [0.3, 0.4) is 0 Å². The van der Waals surface area contributed by atoms with Gasteiger partial charge in [0.05, 0.1) is 51.0 Å². The van der Waals surface area contributed by atoms with Crippen molar-refractivity contribution >= 4 is 39.8 Å². The minimum Gasteiger partial charge on any atom is -0.489 e. The number of nitrogens with two attached hydrogens (primary N) is 2. The van der Waals surface area contributed by atoms with E-state index >= 15 is 4.39 Å². The van der Waals surface area contributed by atoms with E-state index in [4.69, 9.17) is 37.5 Å². The van der Waals surface area contributed by atoms with Crippen molar-refractivity contribution in [2.75, 3.05) is 49.2 Å². The predicted octanol–water partition coefficient (Wildman–Crippen LogP) is 6.29. The summed E-state index contributed by atoms with van der Waals surface area (Å²) in [6.07, 6.45) is -0.972. The van der Waals surface area contributed by atoms with Crippen LogP contribution >= 0.6 is 11.6 Å². The Labute approximate surface area is 277 Å². The number of aromatic nitrogens is 4. The molecule has 2 saturated heterocycles. The number of ether oxygens (including phenoxy) is 2. The predicted molar refractivity (Wildman–Crippen MR) is 170 cm³/mol. The molecule has 16 heteroatoms. The minimum atomic E-state index is -4.93. The van der Waals surface area contributed by atoms with E-state index in [1.807, 2.05) is 16.7 Å². The summed E-state index contributed by atoms with van der Waals surface area (Å²) in [7, 11) is 0. The Morgan fingerprint density at radius 3 is 2.71 bits per heavy atom. The van der Waals surface area contributed by atoms with E-state index < -0.39 is 51.6 Å². The third kappa shape index (κ3) is 5.36. The molecule has 0 saturated carbocycles. The van der Waals surface area contributed by atoms with Gasteiger partial charge in [-0.25, -0.2) is 13.8 Å². The van der Waals surface area contributed by atoms with Gasteiger partial charge < -0.3 is 25.8 Å². The number of nitrogens with zero attached hydrogens (tertiary/aromatic N) is 6. The van der Waals surface area contributed by atoms with Crippen LogP contribution < -0.4 is 25.8 Å². The highest BCUT2D eigenvalue weighted by Gasteiger charge is 2.49. The Bertz CT molecular complexity index is 1930. The first kappa shape index (κ1) is 32.3. The van der Waals surface area contributed by atoms with Gasteiger partial charge in [0.2, 0.25) is 0 Å². The van der Waals surface area contributed by atoms with Crippen molar-refractivity contribution < 1.29 is 31.4 Å². The molecular weight excluding hydrogens is 659 g/mol. The number of fused-ring (bicyclic) bond motifs is 1. The van der Waals surface area contributed by atoms with Crippen LogP contribution in [0.15, 0.2) is 24.5 Å². The van der Waals surface area contributed by atoms with Crippen molar-refractivity contribution in [3.8, 4) is 23.0 Å². The average molecular weight is 691 g/mol. The Morgan fingerprint density at radius 2 is 1.96 bits per heavy atom. The molecule has 4 aromatic rings. The van der Waals surface area contributed by atoms with Crippen LogP contribution in [0, 0.1) is 12.7 Å². The number of rotatable bonds is 6. The van der Waals surface area contributed by atoms with Crippen molar-refractivity contribution in [1.29, 1.82) is 0 Å². The maximum atomic E-state index is 17.0. The highest BCUT2D eigenvalue weighted by atomic mass is 35.5. The van der Waals surface area contributed by atoms with Crippen molar-refractivity contribution in [2.24, 2.45) is 0 Å². The molecule has 0 amide bonds. The van der Waals surface area contributed by atoms with Gasteiger partial charge in [-0.15, -0.1) is 0 Å². The second-order valence-electron chi connectivity index (χ2n) is 12.6. The first-order valence-electron chi connectivity index (χ1n) is 15.5. The summed E-state index contributed by atoms with van der Waals surface area (Å²) >= 11 is 6.77. The molecule has 0 unspecified atom stereocenters. The van der Waals surface area contributed by atoms with Gasteiger partial charge in [0.25, 0.3) is 0 Å². The topological polar surface area (TPSA) is 129 Å². The standard InChI is InChI=1S/C32H32ClF5N8O2/c1-15-8-20(40)42-26(23(15)32(36,37)38)21-24(33)28-22-27(25(21)35)43-30(48-14-31-4-3-5-45(31)13-18(34)10-31)44-29(22)46(6-7-47-28)16(2)17-9-19(39)12-41-11-17/h8-9,11-12,16,18H,3-7,10,13-14,39H2,1-2H3,(H2,40,42)/t16-,18-,31+/m1/s1. The number of hydrogen-bond donors (Lipinski definition) is 2. The average Bonchev–Trinajstić information content (AvgIpc) is 3.46. The molecule has 254 valence electrons. The Hall–Kier alpha value is -4.24. The van der Waals surface area contributed by atoms with Crippen LogP contribution in [0.5, 0.6) is 11.8 Å². The molecule has 0 radical (unpaired) electrons. The van der Waals surface area contributed by atoms with Gasteiger partial charge >= 0.3 is 12.2 Å². The first-order valence-corrected chi connectivity index (χ1v) is 15.8. The van der Waals surface area contributed by atoms with Gasteiger partial charge in [0.15, 0.2) is 11.6 Å². The third-order valence-electron chi connectivity index (χ3n) is 9.51. The maximum absolute atomic E-state index is 17.0. The lowest BCUT2D eigenvalue weighted by Gasteiger charge is -2.32. The second-order valence-corrected chi connectivity index (χ2v) is 13.0. The Kier molecular flexibility index (Phi) is 7.89. The van der Waals surface area contributed by atoms with Crippen molar-refractivity contribution in [3.63, 3.8) is 0 Å². The molecule has 48 heavy (non-hydrogen) atoms. The molecule has 3 atom stereocenters. The van der Waals surface area contributed by atoms with E-state index in [1.165, 1.54) is 13.1 Å². The molecule has 3 aromatic heterocycles. The van der Waals surface area contributed by atoms with Crippen molar-refractivity contribution in [1.82, 2.24) is 24.8 Å². The molecule has 0 spiro atoms. The molecular formula is C32H32ClF5N8O2. The summed E-state index contributed by atoms with van der Waals surface area (Å²) < 4.78 is 87.0. The SMILES string of the molecule is Cc1cc(N)nc(-c2c(Cl)c3c4c(nc(OC[C@@]56CCCN5C[C@H](F)C6)nc4c2F)N([C@H](C)c2cncc(N)c2)CCO3)c1C(F)(F)F. The van der Waals surface area contributed by atoms with Gasteiger partial charge in [-0.05, 0) is 56.5 Å². The number of benzene rings is 1. The summed E-state index contributed by atoms with van der Waals surface area (Å²) in [6, 6.07) is 2.11. The Morgan fingerprint density at radius 1 is 1.17 bits per heavy atom. The molecule has 6 heterocycles. The zero-order valence-corrected chi connectivity index (χ0v) is 26.8. The van der Waals surface area contributed by atoms with Crippen LogP contribution in [0.4, 0.5) is 39.3 Å². The number of aryl methyl sites for hydroxylation is 1. The quantitative estimate of drug-likeness (QED) is 0.223. The van der Waals surface area contributed by atoms with E-state index in [0.717, 1.165) is 19.0 Å². The van der Waals surface area contributed by atoms with Crippen molar-refractivity contribution in [2.45, 2.75) is 57.0 Å². The van der Waals surface area contributed by atoms with Gasteiger partial charge in [-0.1, -0.05) is 11.6 Å². The fourth-order valence-electron chi connectivity index (χ4n) is 7.35. The molecule has 3 aliphatic heterocycles. The highest BCUT2D eigenvalue weighted by Crippen LogP contribution is 2.51. The number of pyridine rings is 2. The van der Waals surface area contributed by atoms with E-state index in [-0.39, 0.29) is 72.6 Å². The normalized spacial score (nSPS) is 21.7. The minimum absolute atomic E-state index is 0.00198. The first-order chi connectivity index (χ1) is 22.8. The van der Waals surface area contributed by atoms with Crippen LogP contribution in [-0.2, 0) is 6.18 Å². The fraction of sp³-hybridized carbons (Fsp3) is 0.438. The monoisotopic (exact) mass is 690 g/mol. The number of anilines is 3. The summed E-state index contributed by atoms with van der Waals surface area (Å²) in [5.41, 5.74) is 9.13. The molecule has 2 fully saturated rings. The summed E-state index contributed by atoms with van der Waals surface area (Å²) in [6.45, 7) is 4.32. The Balaban J connectivity index is 1.45. The van der Waals surface area contributed by atoms with Gasteiger partial charge in [0.1, 0.15) is 36.5 Å². The summed E-state index contributed by atoms with van der Waals surface area (Å²) in [4.78, 5) is 21.1. The number of nitrogen functional groups attached to an aromatic ring is 2. The zero-order valence-electron chi connectivity index (χ0n) is 26.0. The lowest BCUT2D eigenvalue weighted by atomic mass is 9.95. The number of halogens is 6. The van der Waals surface area contributed by atoms with Crippen LogP contribution in [-0.4, -0.2) is 69.4 Å². The molecule has 0 bridgehead atoms. The molecule has 0 aliphatic carbocycles. The summed E-state index contributed by atoms with van der Waals surface area (Å²) in [5.74, 6) is -1.39. The summed E-state index contributed by atoms with van der Waals surface area (Å²) in [5, 5.41) is -0.406. The smallest absolute Gasteiger partial charge is 0.418 e. The van der Waals surface area contributed by atoms with Crippen LogP contribution in [0.1, 0.15) is 48.9 Å². The van der Waals surface area contributed by atoms with Crippen LogP contribution in [0.25, 0.3) is 22.2 Å². The van der Waals surface area contributed by atoms with E-state index in [9.17, 15) is 17.6 Å². The second kappa shape index (κ2) is 11.7. The van der Waals surface area contributed by atoms with Crippen LogP contribution in [0.2, 0.25) is 5.02 Å². The molecule has 7 rings (SSSR count). The maximum Gasteiger partial charge on any atom is 0.418 e. The largest absolute Gasteiger partial charge is 0.489 e.